The molecule has 1 aliphatic heterocycles. The van der Waals surface area contributed by atoms with E-state index in [-0.39, 0.29) is 23.1 Å². The summed E-state index contributed by atoms with van der Waals surface area (Å²) in [6.45, 7) is 7.07. The number of rotatable bonds is 8. The number of amides is 2. The summed E-state index contributed by atoms with van der Waals surface area (Å²) in [7, 11) is 0. The fourth-order valence-corrected chi connectivity index (χ4v) is 5.14. The predicted octanol–water partition coefficient (Wildman–Crippen LogP) is 3.66. The van der Waals surface area contributed by atoms with Gasteiger partial charge in [0.15, 0.2) is 11.5 Å². The van der Waals surface area contributed by atoms with E-state index in [0.29, 0.717) is 61.0 Å². The van der Waals surface area contributed by atoms with E-state index in [4.69, 9.17) is 12.2 Å². The van der Waals surface area contributed by atoms with Gasteiger partial charge in [-0.25, -0.2) is 18.7 Å². The van der Waals surface area contributed by atoms with Crippen LogP contribution in [0, 0.1) is 12.3 Å². The lowest BCUT2D eigenvalue weighted by Gasteiger charge is -2.35. The van der Waals surface area contributed by atoms with E-state index in [2.05, 4.69) is 26.3 Å². The van der Waals surface area contributed by atoms with Crippen molar-refractivity contribution in [3.05, 3.63) is 59.8 Å². The number of aryl methyl sites for hydroxylation is 1. The predicted molar refractivity (Wildman–Crippen MR) is 158 cm³/mol. The molecule has 3 N–H and O–H groups in total. The first-order chi connectivity index (χ1) is 20.6. The smallest absolute Gasteiger partial charge is 0.282 e. The lowest BCUT2D eigenvalue weighted by Crippen LogP contribution is -2.53. The normalized spacial score (nSPS) is 15.0. The van der Waals surface area contributed by atoms with Crippen LogP contribution in [0.4, 0.5) is 20.3 Å². The van der Waals surface area contributed by atoms with Crippen LogP contribution in [0.2, 0.25) is 0 Å². The number of aromatic nitrogens is 5. The Morgan fingerprint density at radius 3 is 2.51 bits per heavy atom. The molecule has 0 radical (unpaired) electrons. The number of alkyl halides is 2. The summed E-state index contributed by atoms with van der Waals surface area (Å²) in [6, 6.07) is 4.38. The average Bonchev–Trinajstić information content (AvgIpc) is 3.65. The monoisotopic (exact) mass is 589 g/mol. The van der Waals surface area contributed by atoms with Crippen molar-refractivity contribution in [2.45, 2.75) is 45.7 Å². The molecule has 0 aliphatic carbocycles. The van der Waals surface area contributed by atoms with Crippen molar-refractivity contribution in [1.29, 1.82) is 0 Å². The number of nitrogens with one attached hydrogen (secondary N) is 1. The molecule has 2 amide bonds. The van der Waals surface area contributed by atoms with Gasteiger partial charge in [-0.2, -0.15) is 5.10 Å². The van der Waals surface area contributed by atoms with Crippen molar-refractivity contribution in [3.63, 3.8) is 0 Å². The molecule has 1 saturated heterocycles. The van der Waals surface area contributed by atoms with Gasteiger partial charge in [-0.3, -0.25) is 18.7 Å². The molecular weight excluding hydrogens is 556 g/mol. The Labute approximate surface area is 247 Å². The molecule has 1 aliphatic rings. The van der Waals surface area contributed by atoms with E-state index >= 15 is 0 Å². The molecule has 2 atom stereocenters. The minimum Gasteiger partial charge on any atom is -0.338 e. The van der Waals surface area contributed by atoms with Gasteiger partial charge in [-0.05, 0) is 44.0 Å². The molecule has 1 aromatic carbocycles. The lowest BCUT2D eigenvalue weighted by molar-refractivity contribution is -0.133. The molecule has 224 valence electrons. The second-order valence-electron chi connectivity index (χ2n) is 10.4. The van der Waals surface area contributed by atoms with Gasteiger partial charge in [-0.15, -0.1) is 6.42 Å². The first kappa shape index (κ1) is 29.7. The van der Waals surface area contributed by atoms with Crippen LogP contribution in [-0.2, 0) is 11.2 Å². The highest BCUT2D eigenvalue weighted by atomic mass is 19.3. The second-order valence-corrected chi connectivity index (χ2v) is 10.4. The maximum Gasteiger partial charge on any atom is 0.282 e. The van der Waals surface area contributed by atoms with Crippen molar-refractivity contribution in [1.82, 2.24) is 33.9 Å². The summed E-state index contributed by atoms with van der Waals surface area (Å²) < 4.78 is 30.8. The Morgan fingerprint density at radius 1 is 1.14 bits per heavy atom. The number of fused-ring (bicyclic) bond motifs is 1. The summed E-state index contributed by atoms with van der Waals surface area (Å²) in [5.41, 5.74) is 8.53. The molecule has 4 aromatic rings. The van der Waals surface area contributed by atoms with E-state index in [1.807, 2.05) is 13.0 Å². The van der Waals surface area contributed by atoms with Gasteiger partial charge in [0.1, 0.15) is 11.7 Å². The molecule has 43 heavy (non-hydrogen) atoms. The standard InChI is InChI=1S/C30H33F2N9O2/c1-5-18(3)41-17-23(25(37-41)26(31)32)24-16-35-28-27(34-9-10-40(24)28)36-21-7-8-22(20(6-2)15-21)30(43)39-13-11-38(12-14-39)29(42)19(4)33/h1,7-10,15-19,26H,6,11-14,33H2,2-4H3,(H,34,36)/t18?,19-/m1/s1. The zero-order valence-electron chi connectivity index (χ0n) is 24.2. The van der Waals surface area contributed by atoms with E-state index < -0.39 is 18.5 Å². The second kappa shape index (κ2) is 12.2. The molecular formula is C30H33F2N9O2. The summed E-state index contributed by atoms with van der Waals surface area (Å²) in [5.74, 6) is 2.70. The number of imidazole rings is 1. The number of carbonyl (C=O) groups excluding carboxylic acids is 2. The van der Waals surface area contributed by atoms with Crippen LogP contribution in [0.5, 0.6) is 0 Å². The summed E-state index contributed by atoms with van der Waals surface area (Å²) in [4.78, 5) is 37.9. The first-order valence-electron chi connectivity index (χ1n) is 14.0. The zero-order chi connectivity index (χ0) is 30.8. The topological polar surface area (TPSA) is 127 Å². The molecule has 11 nitrogen and oxygen atoms in total. The number of carbonyl (C=O) groups is 2. The maximum atomic E-state index is 13.9. The highest BCUT2D eigenvalue weighted by Gasteiger charge is 2.27. The summed E-state index contributed by atoms with van der Waals surface area (Å²) in [5, 5.41) is 7.29. The molecule has 1 unspecified atom stereocenters. The fraction of sp³-hybridized carbons (Fsp3) is 0.367. The van der Waals surface area contributed by atoms with Crippen molar-refractivity contribution in [2.24, 2.45) is 5.73 Å². The third kappa shape index (κ3) is 5.78. The molecule has 5 rings (SSSR count). The number of halogens is 2. The number of nitrogens with zero attached hydrogens (tertiary/aromatic N) is 7. The Kier molecular flexibility index (Phi) is 8.40. The van der Waals surface area contributed by atoms with Gasteiger partial charge in [0.2, 0.25) is 5.91 Å². The fourth-order valence-electron chi connectivity index (χ4n) is 5.14. The number of terminal acetylenes is 1. The third-order valence-electron chi connectivity index (χ3n) is 7.56. The highest BCUT2D eigenvalue weighted by molar-refractivity contribution is 5.96. The van der Waals surface area contributed by atoms with Crippen LogP contribution >= 0.6 is 0 Å². The molecule has 0 saturated carbocycles. The number of piperazine rings is 1. The third-order valence-corrected chi connectivity index (χ3v) is 7.56. The Bertz CT molecular complexity index is 1700. The average molecular weight is 590 g/mol. The van der Waals surface area contributed by atoms with E-state index in [9.17, 15) is 18.4 Å². The number of benzene rings is 1. The maximum absolute atomic E-state index is 13.9. The molecule has 0 spiro atoms. The van der Waals surface area contributed by atoms with Gasteiger partial charge in [-0.1, -0.05) is 12.8 Å². The van der Waals surface area contributed by atoms with Crippen LogP contribution in [0.15, 0.2) is 43.0 Å². The van der Waals surface area contributed by atoms with Gasteiger partial charge in [0.25, 0.3) is 12.3 Å². The van der Waals surface area contributed by atoms with Crippen LogP contribution in [0.25, 0.3) is 16.9 Å². The number of hydrogen-bond acceptors (Lipinski definition) is 7. The van der Waals surface area contributed by atoms with Crippen molar-refractivity contribution < 1.29 is 18.4 Å². The van der Waals surface area contributed by atoms with Crippen LogP contribution in [0.3, 0.4) is 0 Å². The Morgan fingerprint density at radius 2 is 1.86 bits per heavy atom. The molecule has 1 fully saturated rings. The molecule has 0 bridgehead atoms. The van der Waals surface area contributed by atoms with E-state index in [1.165, 1.54) is 17.1 Å². The molecule has 13 heteroatoms. The number of anilines is 2. The van der Waals surface area contributed by atoms with Gasteiger partial charge >= 0.3 is 0 Å². The van der Waals surface area contributed by atoms with Gasteiger partial charge in [0, 0.05) is 61.6 Å². The van der Waals surface area contributed by atoms with Gasteiger partial charge in [0.05, 0.1) is 17.9 Å². The summed E-state index contributed by atoms with van der Waals surface area (Å²) in [6.07, 6.45) is 9.47. The van der Waals surface area contributed by atoms with Crippen molar-refractivity contribution in [2.75, 3.05) is 31.5 Å². The van der Waals surface area contributed by atoms with Crippen molar-refractivity contribution >= 4 is 29.0 Å². The van der Waals surface area contributed by atoms with Crippen molar-refractivity contribution in [3.8, 4) is 23.6 Å². The first-order valence-corrected chi connectivity index (χ1v) is 14.0. The molecule has 4 heterocycles. The van der Waals surface area contributed by atoms with E-state index in [1.54, 1.807) is 52.6 Å². The van der Waals surface area contributed by atoms with Crippen LogP contribution < -0.4 is 11.1 Å². The largest absolute Gasteiger partial charge is 0.338 e. The van der Waals surface area contributed by atoms with Gasteiger partial charge < -0.3 is 20.9 Å². The van der Waals surface area contributed by atoms with E-state index in [0.717, 1.165) is 5.56 Å². The molecule has 3 aromatic heterocycles. The highest BCUT2D eigenvalue weighted by Crippen LogP contribution is 2.33. The number of nitrogens with two attached hydrogens (primary N) is 1. The lowest BCUT2D eigenvalue weighted by atomic mass is 10.0. The SMILES string of the molecule is C#CC(C)n1cc(-c2cnc3c(Nc4ccc(C(=O)N5CCN(C(=O)[C@@H](C)N)CC5)c(CC)c4)nccn23)c(C(F)F)n1. The minimum absolute atomic E-state index is 0.0936. The van der Waals surface area contributed by atoms with Crippen LogP contribution in [-0.4, -0.2) is 78.0 Å². The Balaban J connectivity index is 1.38. The summed E-state index contributed by atoms with van der Waals surface area (Å²) >= 11 is 0. The minimum atomic E-state index is -2.80. The zero-order valence-corrected chi connectivity index (χ0v) is 24.2. The Hall–Kier alpha value is -4.83. The quantitative estimate of drug-likeness (QED) is 0.301. The number of hydrogen-bond donors (Lipinski definition) is 2. The van der Waals surface area contributed by atoms with Crippen LogP contribution in [0.1, 0.15) is 54.9 Å².